The van der Waals surface area contributed by atoms with Crippen molar-refractivity contribution in [2.24, 2.45) is 0 Å². The van der Waals surface area contributed by atoms with Crippen LogP contribution in [0.25, 0.3) is 49.4 Å². The molecule has 0 saturated carbocycles. The van der Waals surface area contributed by atoms with Crippen molar-refractivity contribution in [2.45, 2.75) is 0 Å². The van der Waals surface area contributed by atoms with Gasteiger partial charge in [0, 0.05) is 50.5 Å². The molecule has 63 heavy (non-hydrogen) atoms. The number of aromatic nitrogens is 1. The summed E-state index contributed by atoms with van der Waals surface area (Å²) in [6.07, 6.45) is 0. The topological polar surface area (TPSA) is 20.6 Å². The summed E-state index contributed by atoms with van der Waals surface area (Å²) in [5.74, 6) is 1.78. The van der Waals surface area contributed by atoms with Crippen molar-refractivity contribution in [3.05, 3.63) is 231 Å². The Balaban J connectivity index is 1.08. The average Bonchev–Trinajstić information content (AvgIpc) is 3.66. The third-order valence-electron chi connectivity index (χ3n) is 13.0. The van der Waals surface area contributed by atoms with Gasteiger partial charge >= 0.3 is 0 Å². The van der Waals surface area contributed by atoms with E-state index in [0.29, 0.717) is 0 Å². The lowest BCUT2D eigenvalue weighted by Gasteiger charge is -2.41. The van der Waals surface area contributed by atoms with Gasteiger partial charge in [-0.3, -0.25) is 0 Å². The monoisotopic (exact) mass is 803 g/mol. The molecule has 13 rings (SSSR count). The van der Waals surface area contributed by atoms with Gasteiger partial charge < -0.3 is 19.1 Å². The quantitative estimate of drug-likeness (QED) is 0.156. The van der Waals surface area contributed by atoms with E-state index in [0.717, 1.165) is 67.5 Å². The molecule has 5 heteroatoms. The molecule has 0 saturated heterocycles. The van der Waals surface area contributed by atoms with Crippen LogP contribution in [0.2, 0.25) is 0 Å². The van der Waals surface area contributed by atoms with Crippen LogP contribution in [0.5, 0.6) is 11.5 Å². The second-order valence-electron chi connectivity index (χ2n) is 16.4. The number of benzene rings is 10. The molecule has 0 N–H and O–H groups in total. The zero-order valence-corrected chi connectivity index (χ0v) is 34.3. The predicted molar refractivity (Wildman–Crippen MR) is 264 cm³/mol. The summed E-state index contributed by atoms with van der Waals surface area (Å²) in [6.45, 7) is -0.0879. The Morgan fingerprint density at radius 1 is 0.397 bits per heavy atom. The number of para-hydroxylation sites is 4. The molecule has 1 aromatic heterocycles. The number of hydrogen-bond donors (Lipinski definition) is 0. The summed E-state index contributed by atoms with van der Waals surface area (Å²) in [4.78, 5) is 4.81. The van der Waals surface area contributed by atoms with Crippen LogP contribution in [0.15, 0.2) is 231 Å². The number of fused-ring (bicyclic) bond motifs is 9. The third-order valence-corrected chi connectivity index (χ3v) is 13.0. The van der Waals surface area contributed by atoms with Crippen LogP contribution in [0.1, 0.15) is 0 Å². The summed E-state index contributed by atoms with van der Waals surface area (Å²) in [5.41, 5.74) is 16.1. The third kappa shape index (κ3) is 5.50. The molecular weight excluding hydrogens is 765 g/mol. The smallest absolute Gasteiger partial charge is 0.257 e. The molecule has 0 atom stereocenters. The Bertz CT molecular complexity index is 3510. The molecule has 2 aliphatic heterocycles. The first-order chi connectivity index (χ1) is 31.3. The molecule has 294 valence electrons. The molecule has 0 bridgehead atoms. The van der Waals surface area contributed by atoms with Gasteiger partial charge in [-0.15, -0.1) is 0 Å². The van der Waals surface area contributed by atoms with E-state index in [9.17, 15) is 0 Å². The molecule has 4 nitrogen and oxygen atoms in total. The van der Waals surface area contributed by atoms with Gasteiger partial charge in [0.15, 0.2) is 0 Å². The second kappa shape index (κ2) is 14.2. The fourth-order valence-electron chi connectivity index (χ4n) is 10.3. The summed E-state index contributed by atoms with van der Waals surface area (Å²) in [7, 11) is 0. The van der Waals surface area contributed by atoms with Gasteiger partial charge in [-0.25, -0.2) is 0 Å². The van der Waals surface area contributed by atoms with Crippen LogP contribution < -0.4 is 30.9 Å². The minimum atomic E-state index is -0.0879. The minimum absolute atomic E-state index is 0.0879. The summed E-state index contributed by atoms with van der Waals surface area (Å²) < 4.78 is 9.60. The highest BCUT2D eigenvalue weighted by atomic mass is 16.5. The van der Waals surface area contributed by atoms with Crippen molar-refractivity contribution in [1.82, 2.24) is 4.57 Å². The highest BCUT2D eigenvalue weighted by molar-refractivity contribution is 7.00. The number of hydrogen-bond acceptors (Lipinski definition) is 3. The maximum Gasteiger partial charge on any atom is 0.257 e. The lowest BCUT2D eigenvalue weighted by molar-refractivity contribution is 0.488. The fraction of sp³-hybridized carbons (Fsp3) is 0. The molecule has 3 heterocycles. The second-order valence-corrected chi connectivity index (χ2v) is 16.4. The molecule has 0 radical (unpaired) electrons. The van der Waals surface area contributed by atoms with Crippen LogP contribution in [0.3, 0.4) is 0 Å². The summed E-state index contributed by atoms with van der Waals surface area (Å²) in [6, 6.07) is 83.2. The van der Waals surface area contributed by atoms with Gasteiger partial charge in [0.1, 0.15) is 11.5 Å². The molecule has 0 aliphatic carbocycles. The van der Waals surface area contributed by atoms with E-state index in [-0.39, 0.29) is 6.71 Å². The summed E-state index contributed by atoms with van der Waals surface area (Å²) >= 11 is 0. The van der Waals surface area contributed by atoms with Gasteiger partial charge in [-0.2, -0.15) is 0 Å². The molecule has 0 amide bonds. The normalized spacial score (nSPS) is 12.5. The first kappa shape index (κ1) is 35.5. The van der Waals surface area contributed by atoms with Crippen molar-refractivity contribution in [3.63, 3.8) is 0 Å². The molecule has 0 fully saturated rings. The van der Waals surface area contributed by atoms with Gasteiger partial charge in [0.05, 0.1) is 16.7 Å². The van der Waals surface area contributed by atoms with E-state index in [2.05, 4.69) is 245 Å². The maximum absolute atomic E-state index is 7.16. The lowest BCUT2D eigenvalue weighted by Crippen LogP contribution is -2.59. The molecule has 0 spiro atoms. The van der Waals surface area contributed by atoms with E-state index < -0.39 is 0 Å². The van der Waals surface area contributed by atoms with Crippen LogP contribution in [0, 0.1) is 0 Å². The largest absolute Gasteiger partial charge is 0.458 e. The molecule has 10 aromatic carbocycles. The van der Waals surface area contributed by atoms with Crippen molar-refractivity contribution in [1.29, 1.82) is 0 Å². The Labute approximate surface area is 366 Å². The van der Waals surface area contributed by atoms with Crippen molar-refractivity contribution in [3.8, 4) is 28.3 Å². The average molecular weight is 804 g/mol. The highest BCUT2D eigenvalue weighted by Crippen LogP contribution is 2.46. The standard InChI is InChI=1S/C58H38BN3O/c1-5-18-39(19-6-1)45-27-15-16-29-50(45)62-51-30-17-31-55-58(51)59(57-46-28-14-13-20-40(46)32-35-52(57)62)49-38-54-48(37-56(49)63-55)47-34-33-44(36-53(47)61(54)43-25-11-4-12-26-43)60(41-21-7-2-8-22-41)42-23-9-3-10-24-42/h1-38H. The van der Waals surface area contributed by atoms with E-state index in [1.54, 1.807) is 0 Å². The first-order valence-corrected chi connectivity index (χ1v) is 21.6. The zero-order valence-electron chi connectivity index (χ0n) is 34.3. The Hall–Kier alpha value is -8.28. The summed E-state index contributed by atoms with van der Waals surface area (Å²) in [5, 5.41) is 4.78. The Morgan fingerprint density at radius 2 is 1.03 bits per heavy atom. The molecule has 2 aliphatic rings. The van der Waals surface area contributed by atoms with Crippen molar-refractivity contribution < 1.29 is 4.74 Å². The van der Waals surface area contributed by atoms with Crippen LogP contribution in [-0.4, -0.2) is 11.3 Å². The minimum Gasteiger partial charge on any atom is -0.458 e. The Morgan fingerprint density at radius 3 is 1.81 bits per heavy atom. The van der Waals surface area contributed by atoms with Gasteiger partial charge in [-0.1, -0.05) is 146 Å². The van der Waals surface area contributed by atoms with Crippen molar-refractivity contribution in [2.75, 3.05) is 9.80 Å². The SMILES string of the molecule is c1ccc(-c2ccccc2N2c3cccc4c3B(c3cc5c(cc3O4)c3ccc(N(c4ccccc4)c4ccccc4)cc3n5-c3ccccc3)c3c2ccc2ccccc32)cc1. The number of rotatable bonds is 6. The van der Waals surface area contributed by atoms with E-state index in [1.807, 2.05) is 0 Å². The number of nitrogens with zero attached hydrogens (tertiary/aromatic N) is 3. The van der Waals surface area contributed by atoms with Crippen LogP contribution in [0.4, 0.5) is 34.1 Å². The lowest BCUT2D eigenvalue weighted by atomic mass is 9.33. The Kier molecular flexibility index (Phi) is 7.97. The highest BCUT2D eigenvalue weighted by Gasteiger charge is 2.43. The molecule has 11 aromatic rings. The first-order valence-electron chi connectivity index (χ1n) is 21.6. The maximum atomic E-state index is 7.16. The van der Waals surface area contributed by atoms with Gasteiger partial charge in [0.2, 0.25) is 0 Å². The zero-order chi connectivity index (χ0) is 41.4. The van der Waals surface area contributed by atoms with E-state index in [4.69, 9.17) is 4.74 Å². The number of anilines is 6. The number of ether oxygens (including phenoxy) is 1. The van der Waals surface area contributed by atoms with E-state index in [1.165, 1.54) is 43.9 Å². The van der Waals surface area contributed by atoms with E-state index >= 15 is 0 Å². The van der Waals surface area contributed by atoms with Gasteiger partial charge in [0.25, 0.3) is 6.71 Å². The molecular formula is C58H38BN3O. The van der Waals surface area contributed by atoms with Gasteiger partial charge in [-0.05, 0) is 118 Å². The van der Waals surface area contributed by atoms with Crippen LogP contribution >= 0.6 is 0 Å². The predicted octanol–water partition coefficient (Wildman–Crippen LogP) is 13.5. The van der Waals surface area contributed by atoms with Crippen LogP contribution in [-0.2, 0) is 0 Å². The van der Waals surface area contributed by atoms with Crippen molar-refractivity contribution >= 4 is 89.8 Å². The fourth-order valence-corrected chi connectivity index (χ4v) is 10.3. The molecule has 0 unspecified atom stereocenters.